The Hall–Kier alpha value is -1.67. The Kier molecular flexibility index (Phi) is 3.96. The molecule has 6 nitrogen and oxygen atoms in total. The van der Waals surface area contributed by atoms with Gasteiger partial charge in [0.2, 0.25) is 10.0 Å². The molecule has 8 heteroatoms. The van der Waals surface area contributed by atoms with E-state index in [0.29, 0.717) is 0 Å². The number of halogens is 1. The van der Waals surface area contributed by atoms with Crippen LogP contribution in [0.15, 0.2) is 23.1 Å². The monoisotopic (exact) mass is 303 g/mol. The number of carboxylic acids is 1. The number of aliphatic carboxylic acids is 1. The van der Waals surface area contributed by atoms with Gasteiger partial charge in [0.15, 0.2) is 11.6 Å². The van der Waals surface area contributed by atoms with E-state index in [1.165, 1.54) is 19.2 Å². The number of ether oxygens (including phenoxy) is 1. The van der Waals surface area contributed by atoms with Crippen LogP contribution in [0, 0.1) is 11.7 Å². The van der Waals surface area contributed by atoms with Crippen molar-refractivity contribution in [3.8, 4) is 5.75 Å². The van der Waals surface area contributed by atoms with E-state index >= 15 is 0 Å². The molecule has 1 aliphatic heterocycles. The Morgan fingerprint density at radius 3 is 2.65 bits per heavy atom. The molecular weight excluding hydrogens is 289 g/mol. The van der Waals surface area contributed by atoms with Crippen LogP contribution in [0.3, 0.4) is 0 Å². The Balaban J connectivity index is 2.12. The average Bonchev–Trinajstić information content (AvgIpc) is 2.32. The quantitative estimate of drug-likeness (QED) is 0.875. The van der Waals surface area contributed by atoms with Crippen molar-refractivity contribution in [2.24, 2.45) is 5.92 Å². The minimum Gasteiger partial charge on any atom is -0.494 e. The van der Waals surface area contributed by atoms with Crippen molar-refractivity contribution in [3.63, 3.8) is 0 Å². The van der Waals surface area contributed by atoms with Gasteiger partial charge < -0.3 is 9.84 Å². The lowest BCUT2D eigenvalue weighted by atomic mass is 10.00. The maximum Gasteiger partial charge on any atom is 0.303 e. The predicted octanol–water partition coefficient (Wildman–Crippen LogP) is 0.929. The van der Waals surface area contributed by atoms with E-state index in [-0.39, 0.29) is 36.1 Å². The summed E-state index contributed by atoms with van der Waals surface area (Å²) in [5, 5.41) is 8.62. The third kappa shape index (κ3) is 2.75. The summed E-state index contributed by atoms with van der Waals surface area (Å²) in [5.74, 6) is -1.93. The molecule has 2 rings (SSSR count). The van der Waals surface area contributed by atoms with Crippen molar-refractivity contribution in [3.05, 3.63) is 24.0 Å². The molecule has 1 heterocycles. The van der Waals surface area contributed by atoms with Gasteiger partial charge in [0.25, 0.3) is 0 Å². The van der Waals surface area contributed by atoms with Crippen molar-refractivity contribution in [2.75, 3.05) is 20.2 Å². The summed E-state index contributed by atoms with van der Waals surface area (Å²) in [6, 6.07) is 3.41. The molecule has 0 amide bonds. The second-order valence-corrected chi connectivity index (χ2v) is 6.52. The second-order valence-electron chi connectivity index (χ2n) is 4.58. The van der Waals surface area contributed by atoms with Crippen LogP contribution in [-0.2, 0) is 14.8 Å². The van der Waals surface area contributed by atoms with Crippen LogP contribution in [0.4, 0.5) is 4.39 Å². The van der Waals surface area contributed by atoms with Gasteiger partial charge in [-0.15, -0.1) is 0 Å². The summed E-state index contributed by atoms with van der Waals surface area (Å²) >= 11 is 0. The lowest BCUT2D eigenvalue weighted by molar-refractivity contribution is -0.139. The normalized spacial score (nSPS) is 16.7. The molecule has 0 unspecified atom stereocenters. The zero-order valence-corrected chi connectivity index (χ0v) is 11.6. The third-order valence-electron chi connectivity index (χ3n) is 3.15. The summed E-state index contributed by atoms with van der Waals surface area (Å²) in [7, 11) is -2.48. The molecule has 0 saturated carbocycles. The summed E-state index contributed by atoms with van der Waals surface area (Å²) in [6.07, 6.45) is -0.0665. The molecular formula is C12H14FNO5S. The Labute approximate surface area is 115 Å². The van der Waals surface area contributed by atoms with E-state index in [4.69, 9.17) is 9.84 Å². The number of hydrogen-bond acceptors (Lipinski definition) is 4. The molecule has 0 aliphatic carbocycles. The van der Waals surface area contributed by atoms with Crippen molar-refractivity contribution >= 4 is 16.0 Å². The third-order valence-corrected chi connectivity index (χ3v) is 4.98. The summed E-state index contributed by atoms with van der Waals surface area (Å²) in [4.78, 5) is 10.4. The van der Waals surface area contributed by atoms with Gasteiger partial charge in [-0.05, 0) is 24.1 Å². The number of rotatable bonds is 5. The highest BCUT2D eigenvalue weighted by Gasteiger charge is 2.37. The lowest BCUT2D eigenvalue weighted by Crippen LogP contribution is -2.50. The number of hydrogen-bond donors (Lipinski definition) is 1. The zero-order valence-electron chi connectivity index (χ0n) is 10.7. The molecule has 1 aliphatic rings. The number of methoxy groups -OCH3 is 1. The van der Waals surface area contributed by atoms with E-state index < -0.39 is 21.8 Å². The van der Waals surface area contributed by atoms with Crippen LogP contribution >= 0.6 is 0 Å². The maximum absolute atomic E-state index is 13.5. The highest BCUT2D eigenvalue weighted by Crippen LogP contribution is 2.29. The first-order valence-corrected chi connectivity index (χ1v) is 7.34. The minimum absolute atomic E-state index is 0.0312. The van der Waals surface area contributed by atoms with Crippen LogP contribution < -0.4 is 4.74 Å². The van der Waals surface area contributed by atoms with Gasteiger partial charge in [-0.25, -0.2) is 12.8 Å². The molecule has 20 heavy (non-hydrogen) atoms. The van der Waals surface area contributed by atoms with Crippen LogP contribution in [0.5, 0.6) is 5.75 Å². The summed E-state index contributed by atoms with van der Waals surface area (Å²) in [6.45, 7) is 0.282. The van der Waals surface area contributed by atoms with Crippen LogP contribution in [0.2, 0.25) is 0 Å². The smallest absolute Gasteiger partial charge is 0.303 e. The van der Waals surface area contributed by atoms with Crippen LogP contribution in [-0.4, -0.2) is 44.0 Å². The second kappa shape index (κ2) is 5.37. The van der Waals surface area contributed by atoms with Crippen LogP contribution in [0.1, 0.15) is 6.42 Å². The Bertz CT molecular complexity index is 625. The number of benzene rings is 1. The Morgan fingerprint density at radius 2 is 2.15 bits per heavy atom. The molecule has 0 radical (unpaired) electrons. The average molecular weight is 303 g/mol. The van der Waals surface area contributed by atoms with Crippen LogP contribution in [0.25, 0.3) is 0 Å². The van der Waals surface area contributed by atoms with Gasteiger partial charge >= 0.3 is 5.97 Å². The summed E-state index contributed by atoms with van der Waals surface area (Å²) in [5.41, 5.74) is 0. The lowest BCUT2D eigenvalue weighted by Gasteiger charge is -2.37. The van der Waals surface area contributed by atoms with Gasteiger partial charge in [-0.3, -0.25) is 4.79 Å². The van der Waals surface area contributed by atoms with Gasteiger partial charge in [-0.1, -0.05) is 0 Å². The first-order valence-electron chi connectivity index (χ1n) is 5.90. The largest absolute Gasteiger partial charge is 0.494 e. The van der Waals surface area contributed by atoms with E-state index in [9.17, 15) is 17.6 Å². The molecule has 1 aromatic rings. The molecule has 1 N–H and O–H groups in total. The SMILES string of the molecule is COc1ccc(S(=O)(=O)N2CC(CC(=O)O)C2)cc1F. The predicted molar refractivity (Wildman–Crippen MR) is 67.5 cm³/mol. The van der Waals surface area contributed by atoms with Gasteiger partial charge in [-0.2, -0.15) is 4.31 Å². The fourth-order valence-corrected chi connectivity index (χ4v) is 3.66. The van der Waals surface area contributed by atoms with Crippen molar-refractivity contribution in [2.45, 2.75) is 11.3 Å². The molecule has 0 bridgehead atoms. The van der Waals surface area contributed by atoms with Gasteiger partial charge in [0.05, 0.1) is 18.4 Å². The Morgan fingerprint density at radius 1 is 1.50 bits per heavy atom. The molecule has 0 spiro atoms. The zero-order chi connectivity index (χ0) is 14.9. The van der Waals surface area contributed by atoms with E-state index in [2.05, 4.69) is 0 Å². The number of nitrogens with zero attached hydrogens (tertiary/aromatic N) is 1. The standard InChI is InChI=1S/C12H14FNO5S/c1-19-11-3-2-9(5-10(11)13)20(17,18)14-6-8(7-14)4-12(15)16/h2-3,5,8H,4,6-7H2,1H3,(H,15,16). The highest BCUT2D eigenvalue weighted by molar-refractivity contribution is 7.89. The summed E-state index contributed by atoms with van der Waals surface area (Å²) < 4.78 is 43.7. The fraction of sp³-hybridized carbons (Fsp3) is 0.417. The van der Waals surface area contributed by atoms with Crippen molar-refractivity contribution in [1.29, 1.82) is 0 Å². The fourth-order valence-electron chi connectivity index (χ4n) is 2.05. The van der Waals surface area contributed by atoms with E-state index in [1.807, 2.05) is 0 Å². The first kappa shape index (κ1) is 14.7. The molecule has 0 aromatic heterocycles. The number of sulfonamides is 1. The van der Waals surface area contributed by atoms with Gasteiger partial charge in [0, 0.05) is 13.1 Å². The molecule has 110 valence electrons. The van der Waals surface area contributed by atoms with E-state index in [1.54, 1.807) is 0 Å². The van der Waals surface area contributed by atoms with Crippen molar-refractivity contribution < 1.29 is 27.4 Å². The van der Waals surface area contributed by atoms with E-state index in [0.717, 1.165) is 10.4 Å². The minimum atomic E-state index is -3.77. The maximum atomic E-state index is 13.5. The van der Waals surface area contributed by atoms with Gasteiger partial charge in [0.1, 0.15) is 0 Å². The molecule has 1 aromatic carbocycles. The molecule has 0 atom stereocenters. The van der Waals surface area contributed by atoms with Crippen molar-refractivity contribution in [1.82, 2.24) is 4.31 Å². The number of carboxylic acid groups (broad SMARTS) is 1. The topological polar surface area (TPSA) is 83.9 Å². The number of carbonyl (C=O) groups is 1. The molecule has 1 saturated heterocycles. The molecule has 1 fully saturated rings. The highest BCUT2D eigenvalue weighted by atomic mass is 32.2. The first-order chi connectivity index (χ1) is 9.34.